The van der Waals surface area contributed by atoms with E-state index in [1.807, 2.05) is 0 Å². The normalized spacial score (nSPS) is 14.1. The average Bonchev–Trinajstić information content (AvgIpc) is 2.53. The van der Waals surface area contributed by atoms with Crippen molar-refractivity contribution in [3.05, 3.63) is 41.6 Å². The quantitative estimate of drug-likeness (QED) is 0.934. The molecule has 1 aromatic heterocycles. The Kier molecular flexibility index (Phi) is 3.99. The Labute approximate surface area is 125 Å². The molecule has 0 bridgehead atoms. The van der Waals surface area contributed by atoms with Crippen LogP contribution in [0.2, 0.25) is 0 Å². The number of rotatable bonds is 4. The van der Waals surface area contributed by atoms with Crippen LogP contribution in [0.3, 0.4) is 0 Å². The predicted octanol–water partition coefficient (Wildman–Crippen LogP) is 2.50. The molecule has 1 N–H and O–H groups in total. The highest BCUT2D eigenvalue weighted by Crippen LogP contribution is 2.21. The molecule has 0 atom stereocenters. The molecule has 3 rings (SSSR count). The van der Waals surface area contributed by atoms with E-state index in [1.54, 1.807) is 6.20 Å². The third-order valence-electron chi connectivity index (χ3n) is 3.65. The van der Waals surface area contributed by atoms with Crippen molar-refractivity contribution in [1.82, 2.24) is 15.2 Å². The number of fused-ring (bicyclic) bond motifs is 1. The largest absolute Gasteiger partial charge is 0.368 e. The second kappa shape index (κ2) is 6.08. The van der Waals surface area contributed by atoms with Crippen molar-refractivity contribution in [3.63, 3.8) is 0 Å². The van der Waals surface area contributed by atoms with E-state index in [4.69, 9.17) is 0 Å². The van der Waals surface area contributed by atoms with Crippen LogP contribution in [0.15, 0.2) is 30.5 Å². The van der Waals surface area contributed by atoms with E-state index < -0.39 is 0 Å². The first kappa shape index (κ1) is 13.8. The fourth-order valence-electron chi connectivity index (χ4n) is 2.49. The number of nitrogens with zero attached hydrogens (tertiary/aromatic N) is 4. The van der Waals surface area contributed by atoms with Gasteiger partial charge in [-0.3, -0.25) is 0 Å². The van der Waals surface area contributed by atoms with Crippen molar-refractivity contribution in [2.45, 2.75) is 26.8 Å². The van der Waals surface area contributed by atoms with Gasteiger partial charge < -0.3 is 10.2 Å². The van der Waals surface area contributed by atoms with Gasteiger partial charge in [-0.2, -0.15) is 10.1 Å². The Balaban J connectivity index is 1.74. The first-order valence-corrected chi connectivity index (χ1v) is 7.47. The van der Waals surface area contributed by atoms with Gasteiger partial charge in [-0.05, 0) is 23.5 Å². The van der Waals surface area contributed by atoms with E-state index in [2.05, 4.69) is 63.5 Å². The van der Waals surface area contributed by atoms with Crippen molar-refractivity contribution in [2.24, 2.45) is 5.92 Å². The van der Waals surface area contributed by atoms with Crippen molar-refractivity contribution in [2.75, 3.05) is 23.3 Å². The molecule has 1 aromatic carbocycles. The summed E-state index contributed by atoms with van der Waals surface area (Å²) in [5.74, 6) is 2.08. The van der Waals surface area contributed by atoms with Gasteiger partial charge in [0.15, 0.2) is 5.82 Å². The lowest BCUT2D eigenvalue weighted by atomic mass is 10.0. The Bertz CT molecular complexity index is 611. The summed E-state index contributed by atoms with van der Waals surface area (Å²) in [6.07, 6.45) is 2.72. The molecule has 2 aromatic rings. The molecule has 21 heavy (non-hydrogen) atoms. The van der Waals surface area contributed by atoms with Crippen LogP contribution in [-0.4, -0.2) is 28.3 Å². The highest BCUT2D eigenvalue weighted by atomic mass is 15.3. The number of aromatic nitrogens is 3. The smallest absolute Gasteiger partial charge is 0.247 e. The molecule has 0 aliphatic carbocycles. The molecule has 1 aliphatic rings. The van der Waals surface area contributed by atoms with E-state index in [0.29, 0.717) is 11.9 Å². The molecule has 0 amide bonds. The monoisotopic (exact) mass is 283 g/mol. The van der Waals surface area contributed by atoms with Gasteiger partial charge in [0.05, 0.1) is 6.20 Å². The molecule has 0 saturated carbocycles. The van der Waals surface area contributed by atoms with Crippen LogP contribution in [0.25, 0.3) is 0 Å². The summed E-state index contributed by atoms with van der Waals surface area (Å²) < 4.78 is 0. The molecule has 0 radical (unpaired) electrons. The van der Waals surface area contributed by atoms with Gasteiger partial charge in [-0.1, -0.05) is 38.1 Å². The predicted molar refractivity (Wildman–Crippen MR) is 84.4 cm³/mol. The minimum atomic E-state index is 0.574. The maximum absolute atomic E-state index is 4.58. The zero-order chi connectivity index (χ0) is 14.7. The fraction of sp³-hybridized carbons (Fsp3) is 0.438. The molecule has 5 nitrogen and oxygen atoms in total. The Morgan fingerprint density at radius 2 is 2.05 bits per heavy atom. The van der Waals surface area contributed by atoms with E-state index in [1.165, 1.54) is 11.1 Å². The molecule has 1 aliphatic heterocycles. The molecule has 0 fully saturated rings. The summed E-state index contributed by atoms with van der Waals surface area (Å²) in [7, 11) is 0. The topological polar surface area (TPSA) is 53.9 Å². The maximum atomic E-state index is 4.58. The lowest BCUT2D eigenvalue weighted by Crippen LogP contribution is -2.32. The van der Waals surface area contributed by atoms with Crippen molar-refractivity contribution < 1.29 is 0 Å². The summed E-state index contributed by atoms with van der Waals surface area (Å²) in [4.78, 5) is 6.77. The van der Waals surface area contributed by atoms with Crippen LogP contribution < -0.4 is 10.2 Å². The minimum absolute atomic E-state index is 0.574. The number of anilines is 2. The van der Waals surface area contributed by atoms with Gasteiger partial charge in [-0.15, -0.1) is 5.10 Å². The van der Waals surface area contributed by atoms with Crippen LogP contribution >= 0.6 is 0 Å². The molecule has 0 spiro atoms. The molecule has 5 heteroatoms. The summed E-state index contributed by atoms with van der Waals surface area (Å²) in [5, 5.41) is 11.6. The molecular formula is C16H21N5. The van der Waals surface area contributed by atoms with E-state index in [0.717, 1.165) is 31.9 Å². The first-order chi connectivity index (χ1) is 10.2. The SMILES string of the molecule is CC(C)CNc1cnnc(N2CCc3ccccc3C2)n1. The Hall–Kier alpha value is -2.17. The van der Waals surface area contributed by atoms with Crippen LogP contribution in [0.1, 0.15) is 25.0 Å². The fourth-order valence-corrected chi connectivity index (χ4v) is 2.49. The highest BCUT2D eigenvalue weighted by Gasteiger charge is 2.18. The van der Waals surface area contributed by atoms with E-state index in [-0.39, 0.29) is 0 Å². The summed E-state index contributed by atoms with van der Waals surface area (Å²) in [6, 6.07) is 8.56. The van der Waals surface area contributed by atoms with Crippen molar-refractivity contribution in [1.29, 1.82) is 0 Å². The molecule has 110 valence electrons. The van der Waals surface area contributed by atoms with Crippen LogP contribution in [0, 0.1) is 5.92 Å². The Morgan fingerprint density at radius 1 is 1.24 bits per heavy atom. The number of hydrogen-bond donors (Lipinski definition) is 1. The lowest BCUT2D eigenvalue weighted by Gasteiger charge is -2.28. The number of hydrogen-bond acceptors (Lipinski definition) is 5. The van der Waals surface area contributed by atoms with E-state index >= 15 is 0 Å². The second-order valence-corrected chi connectivity index (χ2v) is 5.86. The number of nitrogens with one attached hydrogen (secondary N) is 1. The van der Waals surface area contributed by atoms with Crippen LogP contribution in [-0.2, 0) is 13.0 Å². The first-order valence-electron chi connectivity index (χ1n) is 7.47. The van der Waals surface area contributed by atoms with Crippen LogP contribution in [0.5, 0.6) is 0 Å². The van der Waals surface area contributed by atoms with Crippen LogP contribution in [0.4, 0.5) is 11.8 Å². The van der Waals surface area contributed by atoms with Gasteiger partial charge in [0.25, 0.3) is 0 Å². The number of benzene rings is 1. The molecule has 2 heterocycles. The molecule has 0 unspecified atom stereocenters. The second-order valence-electron chi connectivity index (χ2n) is 5.86. The zero-order valence-corrected chi connectivity index (χ0v) is 12.6. The van der Waals surface area contributed by atoms with Gasteiger partial charge in [0.1, 0.15) is 0 Å². The summed E-state index contributed by atoms with van der Waals surface area (Å²) in [5.41, 5.74) is 2.78. The van der Waals surface area contributed by atoms with Gasteiger partial charge in [0.2, 0.25) is 5.95 Å². The van der Waals surface area contributed by atoms with Crippen molar-refractivity contribution in [3.8, 4) is 0 Å². The third kappa shape index (κ3) is 3.29. The summed E-state index contributed by atoms with van der Waals surface area (Å²) >= 11 is 0. The minimum Gasteiger partial charge on any atom is -0.368 e. The van der Waals surface area contributed by atoms with Gasteiger partial charge in [0, 0.05) is 19.6 Å². The Morgan fingerprint density at radius 3 is 2.86 bits per heavy atom. The average molecular weight is 283 g/mol. The lowest BCUT2D eigenvalue weighted by molar-refractivity contribution is 0.679. The molecular weight excluding hydrogens is 262 g/mol. The van der Waals surface area contributed by atoms with E-state index in [9.17, 15) is 0 Å². The standard InChI is InChI=1S/C16H21N5/c1-12(2)9-17-15-10-18-20-16(19-15)21-8-7-13-5-3-4-6-14(13)11-21/h3-6,10,12H,7-9,11H2,1-2H3,(H,17,19,20). The van der Waals surface area contributed by atoms with Gasteiger partial charge in [-0.25, -0.2) is 0 Å². The van der Waals surface area contributed by atoms with Gasteiger partial charge >= 0.3 is 0 Å². The molecule has 0 saturated heterocycles. The summed E-state index contributed by atoms with van der Waals surface area (Å²) in [6.45, 7) is 7.02. The van der Waals surface area contributed by atoms with Crippen molar-refractivity contribution >= 4 is 11.8 Å². The third-order valence-corrected chi connectivity index (χ3v) is 3.65. The highest BCUT2D eigenvalue weighted by molar-refractivity contribution is 5.43. The maximum Gasteiger partial charge on any atom is 0.247 e. The zero-order valence-electron chi connectivity index (χ0n) is 12.6.